The number of nitrogens with one attached hydrogen (secondary N) is 1. The molecular formula is C18H19N5O2. The first-order chi connectivity index (χ1) is 11.8. The zero-order chi connectivity index (χ0) is 18.1. The molecule has 1 amide bonds. The van der Waals surface area contributed by atoms with Crippen molar-refractivity contribution in [2.45, 2.75) is 13.8 Å². The van der Waals surface area contributed by atoms with Crippen LogP contribution in [-0.4, -0.2) is 35.7 Å². The van der Waals surface area contributed by atoms with Crippen LogP contribution in [0.15, 0.2) is 45.8 Å². The second kappa shape index (κ2) is 6.35. The van der Waals surface area contributed by atoms with E-state index in [4.69, 9.17) is 0 Å². The average molecular weight is 337 g/mol. The maximum Gasteiger partial charge on any atom is 0.283 e. The Kier molecular flexibility index (Phi) is 4.22. The molecule has 0 spiro atoms. The number of rotatable bonds is 3. The normalized spacial score (nSPS) is 15.7. The first kappa shape index (κ1) is 16.6. The van der Waals surface area contributed by atoms with Crippen LogP contribution in [0.25, 0.3) is 6.08 Å². The fourth-order valence-electron chi connectivity index (χ4n) is 2.53. The number of benzene rings is 1. The highest BCUT2D eigenvalue weighted by atomic mass is 16.2. The lowest BCUT2D eigenvalue weighted by Gasteiger charge is -2.12. The van der Waals surface area contributed by atoms with Crippen LogP contribution >= 0.6 is 0 Å². The van der Waals surface area contributed by atoms with E-state index >= 15 is 0 Å². The van der Waals surface area contributed by atoms with E-state index < -0.39 is 0 Å². The van der Waals surface area contributed by atoms with Crippen molar-refractivity contribution in [3.63, 3.8) is 0 Å². The van der Waals surface area contributed by atoms with Gasteiger partial charge in [-0.3, -0.25) is 14.6 Å². The highest BCUT2D eigenvalue weighted by Gasteiger charge is 2.30. The third-order valence-electron chi connectivity index (χ3n) is 3.84. The summed E-state index contributed by atoms with van der Waals surface area (Å²) in [6.07, 6.45) is 1.79. The molecule has 1 aromatic carbocycles. The number of hydrazone groups is 1. The van der Waals surface area contributed by atoms with Crippen molar-refractivity contribution in [2.24, 2.45) is 5.10 Å². The minimum absolute atomic E-state index is 0.126. The minimum Gasteiger partial charge on any atom is -0.378 e. The van der Waals surface area contributed by atoms with Gasteiger partial charge in [-0.2, -0.15) is 10.1 Å². The summed E-state index contributed by atoms with van der Waals surface area (Å²) in [6, 6.07) is 9.21. The fourth-order valence-corrected chi connectivity index (χ4v) is 2.53. The first-order valence-corrected chi connectivity index (χ1v) is 7.82. The topological polar surface area (TPSA) is 81.7 Å². The molecule has 1 aliphatic heterocycles. The van der Waals surface area contributed by atoms with Gasteiger partial charge in [-0.1, -0.05) is 12.1 Å². The van der Waals surface area contributed by atoms with Crippen molar-refractivity contribution in [3.8, 4) is 0 Å². The second-order valence-corrected chi connectivity index (χ2v) is 6.06. The molecule has 1 aromatic heterocycles. The van der Waals surface area contributed by atoms with Crippen LogP contribution in [-0.2, 0) is 4.79 Å². The van der Waals surface area contributed by atoms with Crippen LogP contribution in [0.2, 0.25) is 0 Å². The number of carbonyl (C=O) groups is 1. The number of hydrogen-bond donors (Lipinski definition) is 1. The van der Waals surface area contributed by atoms with Crippen molar-refractivity contribution < 1.29 is 4.79 Å². The number of amides is 1. The van der Waals surface area contributed by atoms with Gasteiger partial charge >= 0.3 is 0 Å². The van der Waals surface area contributed by atoms with E-state index in [1.54, 1.807) is 19.9 Å². The van der Waals surface area contributed by atoms with Gasteiger partial charge in [-0.05, 0) is 37.6 Å². The lowest BCUT2D eigenvalue weighted by atomic mass is 10.1. The molecule has 3 rings (SSSR count). The van der Waals surface area contributed by atoms with Crippen molar-refractivity contribution in [2.75, 3.05) is 24.0 Å². The van der Waals surface area contributed by atoms with Crippen molar-refractivity contribution >= 4 is 29.3 Å². The number of H-pyrrole nitrogens is 1. The SMILES string of the molecule is CC1=NN(c2nc(C)cc(=O)[nH]2)C(=O)/C1=C/c1ccc(N(C)C)cc1. The Morgan fingerprint density at radius 2 is 1.80 bits per heavy atom. The Hall–Kier alpha value is -3.22. The molecule has 0 fully saturated rings. The molecule has 1 aliphatic rings. The number of anilines is 2. The fraction of sp³-hybridized carbons (Fsp3) is 0.222. The van der Waals surface area contributed by atoms with Crippen molar-refractivity contribution in [3.05, 3.63) is 57.5 Å². The van der Waals surface area contributed by atoms with E-state index in [0.717, 1.165) is 16.3 Å². The summed E-state index contributed by atoms with van der Waals surface area (Å²) >= 11 is 0. The highest BCUT2D eigenvalue weighted by Crippen LogP contribution is 2.22. The van der Waals surface area contributed by atoms with Crippen LogP contribution in [0.3, 0.4) is 0 Å². The van der Waals surface area contributed by atoms with Gasteiger partial charge in [0.2, 0.25) is 5.95 Å². The number of aromatic nitrogens is 2. The van der Waals surface area contributed by atoms with E-state index in [1.807, 2.05) is 43.3 Å². The number of hydrogen-bond acceptors (Lipinski definition) is 5. The Morgan fingerprint density at radius 3 is 2.40 bits per heavy atom. The predicted molar refractivity (Wildman–Crippen MR) is 98.9 cm³/mol. The third-order valence-corrected chi connectivity index (χ3v) is 3.84. The van der Waals surface area contributed by atoms with Gasteiger partial charge in [0, 0.05) is 31.5 Å². The smallest absolute Gasteiger partial charge is 0.283 e. The predicted octanol–water partition coefficient (Wildman–Crippen LogP) is 1.95. The Morgan fingerprint density at radius 1 is 1.12 bits per heavy atom. The molecule has 0 saturated carbocycles. The summed E-state index contributed by atoms with van der Waals surface area (Å²) in [5.74, 6) is -0.191. The second-order valence-electron chi connectivity index (χ2n) is 6.06. The molecule has 0 aliphatic carbocycles. The lowest BCUT2D eigenvalue weighted by Crippen LogP contribution is -2.26. The first-order valence-electron chi connectivity index (χ1n) is 7.82. The maximum absolute atomic E-state index is 12.7. The number of aryl methyl sites for hydroxylation is 1. The molecule has 128 valence electrons. The van der Waals surface area contributed by atoms with Crippen LogP contribution in [0.5, 0.6) is 0 Å². The molecular weight excluding hydrogens is 318 g/mol. The van der Waals surface area contributed by atoms with Gasteiger partial charge < -0.3 is 4.90 Å². The van der Waals surface area contributed by atoms with E-state index in [9.17, 15) is 9.59 Å². The van der Waals surface area contributed by atoms with Crippen LogP contribution < -0.4 is 15.5 Å². The zero-order valence-electron chi connectivity index (χ0n) is 14.6. The third kappa shape index (κ3) is 3.35. The highest BCUT2D eigenvalue weighted by molar-refractivity contribution is 6.31. The van der Waals surface area contributed by atoms with E-state index in [1.165, 1.54) is 6.07 Å². The quantitative estimate of drug-likeness (QED) is 0.868. The number of nitrogens with zero attached hydrogens (tertiary/aromatic N) is 4. The molecule has 0 unspecified atom stereocenters. The molecule has 25 heavy (non-hydrogen) atoms. The summed E-state index contributed by atoms with van der Waals surface area (Å²) in [4.78, 5) is 33.0. The van der Waals surface area contributed by atoms with Crippen LogP contribution in [0.1, 0.15) is 18.2 Å². The summed E-state index contributed by atoms with van der Waals surface area (Å²) in [6.45, 7) is 3.45. The zero-order valence-corrected chi connectivity index (χ0v) is 14.6. The summed E-state index contributed by atoms with van der Waals surface area (Å²) < 4.78 is 0. The van der Waals surface area contributed by atoms with Gasteiger partial charge in [-0.25, -0.2) is 4.98 Å². The summed E-state index contributed by atoms with van der Waals surface area (Å²) in [5, 5.41) is 5.37. The largest absolute Gasteiger partial charge is 0.378 e. The average Bonchev–Trinajstić information content (AvgIpc) is 2.82. The number of carbonyl (C=O) groups excluding carboxylic acids is 1. The molecule has 0 bridgehead atoms. The molecule has 0 atom stereocenters. The van der Waals surface area contributed by atoms with Gasteiger partial charge in [0.25, 0.3) is 11.5 Å². The van der Waals surface area contributed by atoms with Crippen molar-refractivity contribution in [1.82, 2.24) is 9.97 Å². The van der Waals surface area contributed by atoms with Gasteiger partial charge in [0.15, 0.2) is 0 Å². The van der Waals surface area contributed by atoms with Crippen LogP contribution in [0, 0.1) is 6.92 Å². The van der Waals surface area contributed by atoms with Gasteiger partial charge in [0.1, 0.15) is 0 Å². The lowest BCUT2D eigenvalue weighted by molar-refractivity contribution is -0.114. The van der Waals surface area contributed by atoms with Gasteiger partial charge in [0.05, 0.1) is 11.3 Å². The molecule has 7 heteroatoms. The molecule has 0 radical (unpaired) electrons. The molecule has 2 aromatic rings. The standard InChI is InChI=1S/C18H19N5O2/c1-11-9-16(24)20-18(19-11)23-17(25)15(12(2)21-23)10-13-5-7-14(8-6-13)22(3)4/h5-10H,1-4H3,(H,19,20,24)/b15-10+. The Balaban J connectivity index is 1.93. The molecule has 2 heterocycles. The van der Waals surface area contributed by atoms with E-state index in [-0.39, 0.29) is 17.4 Å². The minimum atomic E-state index is -0.320. The number of aromatic amines is 1. The summed E-state index contributed by atoms with van der Waals surface area (Å²) in [5.41, 5.74) is 3.23. The monoisotopic (exact) mass is 337 g/mol. The maximum atomic E-state index is 12.7. The van der Waals surface area contributed by atoms with E-state index in [2.05, 4.69) is 15.1 Å². The van der Waals surface area contributed by atoms with E-state index in [0.29, 0.717) is 17.0 Å². The molecule has 0 saturated heterocycles. The van der Waals surface area contributed by atoms with Gasteiger partial charge in [-0.15, -0.1) is 0 Å². The summed E-state index contributed by atoms with van der Waals surface area (Å²) in [7, 11) is 3.94. The van der Waals surface area contributed by atoms with Crippen molar-refractivity contribution in [1.29, 1.82) is 0 Å². The molecule has 7 nitrogen and oxygen atoms in total. The van der Waals surface area contributed by atoms with Crippen LogP contribution in [0.4, 0.5) is 11.6 Å². The Labute approximate surface area is 145 Å². The molecule has 1 N–H and O–H groups in total. The Bertz CT molecular complexity index is 939.